The van der Waals surface area contributed by atoms with Crippen LogP contribution >= 0.6 is 12.4 Å². The lowest BCUT2D eigenvalue weighted by molar-refractivity contribution is -0.143. The van der Waals surface area contributed by atoms with Crippen molar-refractivity contribution in [2.45, 2.75) is 44.2 Å². The molecule has 0 bridgehead atoms. The van der Waals surface area contributed by atoms with Crippen LogP contribution in [0.15, 0.2) is 73.2 Å². The third kappa shape index (κ3) is 7.78. The predicted molar refractivity (Wildman–Crippen MR) is 142 cm³/mol. The number of para-hydroxylation sites is 1. The predicted octanol–water partition coefficient (Wildman–Crippen LogP) is 6.72. The van der Waals surface area contributed by atoms with E-state index < -0.39 is 54.2 Å². The standard InChI is InChI=1S/C28H24F6N4O2.ClH/c29-27(30,31)20-11-18(12-21(14-20)28(32,33)34)5-6-25(39)24(13-19-15-37-23-4-2-1-3-22(19)23)38(26(35)40)16-17-7-9-36-10-8-17;/h1-4,7-12,14-15,24,37H,5-6,13,16H2,(H2,35,40);1H. The molecule has 218 valence electrons. The normalized spacial score (nSPS) is 12.5. The number of Topliss-reactive ketones (excluding diaryl/α,β-unsaturated/α-hetero) is 1. The maximum atomic E-state index is 13.6. The second-order valence-corrected chi connectivity index (χ2v) is 9.28. The number of carbonyl (C=O) groups is 2. The Morgan fingerprint density at radius 2 is 1.51 bits per heavy atom. The molecule has 4 rings (SSSR count). The van der Waals surface area contributed by atoms with Crippen molar-refractivity contribution in [1.29, 1.82) is 0 Å². The van der Waals surface area contributed by atoms with Gasteiger partial charge in [0.1, 0.15) is 0 Å². The van der Waals surface area contributed by atoms with Crippen LogP contribution in [0.5, 0.6) is 0 Å². The Balaban J connectivity index is 0.00000462. The van der Waals surface area contributed by atoms with Crippen molar-refractivity contribution >= 4 is 35.1 Å². The van der Waals surface area contributed by atoms with Gasteiger partial charge in [0.05, 0.1) is 17.2 Å². The highest BCUT2D eigenvalue weighted by molar-refractivity contribution is 5.90. The van der Waals surface area contributed by atoms with Crippen LogP contribution in [0.3, 0.4) is 0 Å². The van der Waals surface area contributed by atoms with Crippen molar-refractivity contribution in [1.82, 2.24) is 14.9 Å². The third-order valence-corrected chi connectivity index (χ3v) is 6.53. The Morgan fingerprint density at radius 1 is 0.902 bits per heavy atom. The molecule has 1 atom stereocenters. The first-order valence-electron chi connectivity index (χ1n) is 12.1. The molecule has 6 nitrogen and oxygen atoms in total. The number of benzene rings is 2. The van der Waals surface area contributed by atoms with E-state index in [-0.39, 0.29) is 37.0 Å². The van der Waals surface area contributed by atoms with Crippen LogP contribution in [0, 0.1) is 0 Å². The van der Waals surface area contributed by atoms with Crippen molar-refractivity contribution in [2.75, 3.05) is 0 Å². The molecule has 0 aliphatic carbocycles. The third-order valence-electron chi connectivity index (χ3n) is 6.53. The lowest BCUT2D eigenvalue weighted by atomic mass is 9.94. The van der Waals surface area contributed by atoms with Crippen molar-refractivity contribution in [3.8, 4) is 0 Å². The number of amides is 2. The van der Waals surface area contributed by atoms with Gasteiger partial charge in [-0.2, -0.15) is 26.3 Å². The highest BCUT2D eigenvalue weighted by Crippen LogP contribution is 2.36. The number of aryl methyl sites for hydroxylation is 1. The average Bonchev–Trinajstić information content (AvgIpc) is 3.31. The molecule has 0 saturated heterocycles. The number of ketones is 1. The summed E-state index contributed by atoms with van der Waals surface area (Å²) in [7, 11) is 0. The van der Waals surface area contributed by atoms with Crippen LogP contribution in [0.1, 0.15) is 34.2 Å². The van der Waals surface area contributed by atoms with Gasteiger partial charge < -0.3 is 15.6 Å². The number of hydrogen-bond acceptors (Lipinski definition) is 3. The molecule has 2 aromatic heterocycles. The summed E-state index contributed by atoms with van der Waals surface area (Å²) in [6.07, 6.45) is -6.15. The van der Waals surface area contributed by atoms with Crippen molar-refractivity contribution in [3.63, 3.8) is 0 Å². The van der Waals surface area contributed by atoms with Crippen molar-refractivity contribution in [3.05, 3.63) is 101 Å². The summed E-state index contributed by atoms with van der Waals surface area (Å²) in [5, 5.41) is 0.793. The maximum Gasteiger partial charge on any atom is 0.416 e. The van der Waals surface area contributed by atoms with Gasteiger partial charge in [-0.3, -0.25) is 9.78 Å². The van der Waals surface area contributed by atoms with Gasteiger partial charge in [-0.25, -0.2) is 4.79 Å². The number of carbonyl (C=O) groups excluding carboxylic acids is 2. The summed E-state index contributed by atoms with van der Waals surface area (Å²) in [6, 6.07) is 9.70. The summed E-state index contributed by atoms with van der Waals surface area (Å²) < 4.78 is 79.8. The second-order valence-electron chi connectivity index (χ2n) is 9.28. The van der Waals surface area contributed by atoms with E-state index in [2.05, 4.69) is 9.97 Å². The highest BCUT2D eigenvalue weighted by atomic mass is 35.5. The number of rotatable bonds is 9. The zero-order valence-electron chi connectivity index (χ0n) is 21.3. The van der Waals surface area contributed by atoms with E-state index in [1.165, 1.54) is 12.4 Å². The fourth-order valence-electron chi connectivity index (χ4n) is 4.53. The topological polar surface area (TPSA) is 92.1 Å². The first-order valence-corrected chi connectivity index (χ1v) is 12.1. The fraction of sp³-hybridized carbons (Fsp3) is 0.250. The lowest BCUT2D eigenvalue weighted by Gasteiger charge is -2.29. The Hall–Kier alpha value is -4.06. The summed E-state index contributed by atoms with van der Waals surface area (Å²) in [6.45, 7) is -0.0571. The van der Waals surface area contributed by atoms with E-state index in [0.717, 1.165) is 15.8 Å². The van der Waals surface area contributed by atoms with E-state index in [1.54, 1.807) is 24.4 Å². The number of hydrogen-bond donors (Lipinski definition) is 2. The molecular formula is C28H25ClF6N4O2. The molecular weight excluding hydrogens is 574 g/mol. The maximum absolute atomic E-state index is 13.6. The van der Waals surface area contributed by atoms with Crippen LogP contribution in [0.25, 0.3) is 10.9 Å². The number of pyridine rings is 1. The van der Waals surface area contributed by atoms with E-state index in [9.17, 15) is 35.9 Å². The fourth-order valence-corrected chi connectivity index (χ4v) is 4.53. The van der Waals surface area contributed by atoms with Crippen LogP contribution in [0.4, 0.5) is 31.1 Å². The zero-order valence-corrected chi connectivity index (χ0v) is 22.1. The van der Waals surface area contributed by atoms with E-state index in [4.69, 9.17) is 5.73 Å². The molecule has 0 spiro atoms. The number of H-pyrrole nitrogens is 1. The molecule has 3 N–H and O–H groups in total. The molecule has 0 radical (unpaired) electrons. The van der Waals surface area contributed by atoms with Crippen molar-refractivity contribution < 1.29 is 35.9 Å². The van der Waals surface area contributed by atoms with Gasteiger partial charge in [0.2, 0.25) is 0 Å². The number of halogens is 7. The molecule has 0 aliphatic heterocycles. The molecule has 41 heavy (non-hydrogen) atoms. The smallest absolute Gasteiger partial charge is 0.361 e. The first-order chi connectivity index (χ1) is 18.8. The summed E-state index contributed by atoms with van der Waals surface area (Å²) >= 11 is 0. The highest BCUT2D eigenvalue weighted by Gasteiger charge is 2.37. The lowest BCUT2D eigenvalue weighted by Crippen LogP contribution is -2.48. The number of alkyl halides is 6. The zero-order chi connectivity index (χ0) is 29.1. The number of fused-ring (bicyclic) bond motifs is 1. The Kier molecular flexibility index (Phi) is 9.69. The summed E-state index contributed by atoms with van der Waals surface area (Å²) in [5.74, 6) is -0.566. The van der Waals surface area contributed by atoms with Gasteiger partial charge in [0.25, 0.3) is 0 Å². The number of nitrogens with two attached hydrogens (primary N) is 1. The van der Waals surface area contributed by atoms with Gasteiger partial charge in [-0.15, -0.1) is 12.4 Å². The van der Waals surface area contributed by atoms with E-state index in [0.29, 0.717) is 23.3 Å². The molecule has 1 unspecified atom stereocenters. The van der Waals surface area contributed by atoms with Crippen LogP contribution in [-0.2, 0) is 36.5 Å². The van der Waals surface area contributed by atoms with Gasteiger partial charge in [-0.05, 0) is 59.5 Å². The SMILES string of the molecule is Cl.NC(=O)N(Cc1ccncc1)C(Cc1c[nH]c2ccccc12)C(=O)CCc1cc(C(F)(F)F)cc(C(F)(F)F)c1. The molecule has 0 saturated carbocycles. The average molecular weight is 599 g/mol. The Morgan fingerprint density at radius 3 is 2.10 bits per heavy atom. The van der Waals surface area contributed by atoms with Gasteiger partial charge >= 0.3 is 18.4 Å². The number of urea groups is 1. The Labute approximate surface area is 237 Å². The van der Waals surface area contributed by atoms with Gasteiger partial charge in [-0.1, -0.05) is 18.2 Å². The number of aromatic amines is 1. The van der Waals surface area contributed by atoms with E-state index >= 15 is 0 Å². The molecule has 2 aromatic carbocycles. The number of primary amides is 1. The largest absolute Gasteiger partial charge is 0.416 e. The number of aromatic nitrogens is 2. The molecule has 0 aliphatic rings. The summed E-state index contributed by atoms with van der Waals surface area (Å²) in [4.78, 5) is 34.3. The van der Waals surface area contributed by atoms with Crippen molar-refractivity contribution in [2.24, 2.45) is 5.73 Å². The van der Waals surface area contributed by atoms with E-state index in [1.807, 2.05) is 18.2 Å². The van der Waals surface area contributed by atoms with Crippen LogP contribution in [-0.4, -0.2) is 32.7 Å². The molecule has 13 heteroatoms. The monoisotopic (exact) mass is 598 g/mol. The number of nitrogens with zero attached hydrogens (tertiary/aromatic N) is 2. The minimum atomic E-state index is -5.01. The minimum Gasteiger partial charge on any atom is -0.361 e. The molecule has 0 fully saturated rings. The minimum absolute atomic E-state index is 0. The molecule has 2 amide bonds. The van der Waals surface area contributed by atoms with Crippen LogP contribution in [0.2, 0.25) is 0 Å². The van der Waals surface area contributed by atoms with Crippen LogP contribution < -0.4 is 5.73 Å². The Bertz CT molecular complexity index is 1470. The first kappa shape index (κ1) is 31.5. The van der Waals surface area contributed by atoms with Gasteiger partial charge in [0.15, 0.2) is 5.78 Å². The quantitative estimate of drug-likeness (QED) is 0.210. The second kappa shape index (κ2) is 12.6. The summed E-state index contributed by atoms with van der Waals surface area (Å²) in [5.41, 5.74) is 4.54. The number of nitrogens with one attached hydrogen (secondary N) is 1. The van der Waals surface area contributed by atoms with Gasteiger partial charge in [0, 0.05) is 48.9 Å². The molecule has 2 heterocycles. The molecule has 4 aromatic rings.